The number of nitrogens with zero attached hydrogens (tertiary/aromatic N) is 1. The zero-order valence-corrected chi connectivity index (χ0v) is 9.59. The van der Waals surface area contributed by atoms with E-state index >= 15 is 0 Å². The van der Waals surface area contributed by atoms with E-state index in [0.29, 0.717) is 6.04 Å². The SMILES string of the molecule is C[C@H]1CN(c2ccc(C(F)(F)F)cc2)CCN1. The van der Waals surface area contributed by atoms with Gasteiger partial charge in [0.1, 0.15) is 0 Å². The molecule has 1 fully saturated rings. The van der Waals surface area contributed by atoms with Crippen molar-refractivity contribution in [3.8, 4) is 0 Å². The van der Waals surface area contributed by atoms with Crippen molar-refractivity contribution >= 4 is 5.69 Å². The average Bonchev–Trinajstić information content (AvgIpc) is 2.28. The second-order valence-electron chi connectivity index (χ2n) is 4.35. The number of benzene rings is 1. The summed E-state index contributed by atoms with van der Waals surface area (Å²) in [5.74, 6) is 0. The third kappa shape index (κ3) is 2.91. The highest BCUT2D eigenvalue weighted by Gasteiger charge is 2.30. The fraction of sp³-hybridized carbons (Fsp3) is 0.500. The number of piperazine rings is 1. The molecule has 2 nitrogen and oxygen atoms in total. The van der Waals surface area contributed by atoms with E-state index in [2.05, 4.69) is 17.1 Å². The number of halogens is 3. The quantitative estimate of drug-likeness (QED) is 0.816. The van der Waals surface area contributed by atoms with Crippen LogP contribution >= 0.6 is 0 Å². The number of rotatable bonds is 1. The summed E-state index contributed by atoms with van der Waals surface area (Å²) >= 11 is 0. The molecule has 1 N–H and O–H groups in total. The Morgan fingerprint density at radius 3 is 2.41 bits per heavy atom. The van der Waals surface area contributed by atoms with Crippen LogP contribution in [-0.2, 0) is 6.18 Å². The van der Waals surface area contributed by atoms with Gasteiger partial charge in [0.25, 0.3) is 0 Å². The largest absolute Gasteiger partial charge is 0.416 e. The first kappa shape index (κ1) is 12.2. The average molecular weight is 244 g/mol. The number of hydrogen-bond donors (Lipinski definition) is 1. The van der Waals surface area contributed by atoms with Crippen LogP contribution in [0.3, 0.4) is 0 Å². The van der Waals surface area contributed by atoms with Crippen molar-refractivity contribution in [2.45, 2.75) is 19.1 Å². The fourth-order valence-electron chi connectivity index (χ4n) is 2.03. The molecule has 2 rings (SSSR count). The van der Waals surface area contributed by atoms with Gasteiger partial charge in [-0.2, -0.15) is 13.2 Å². The van der Waals surface area contributed by atoms with Crippen LogP contribution in [0.1, 0.15) is 12.5 Å². The molecule has 1 saturated heterocycles. The van der Waals surface area contributed by atoms with E-state index in [4.69, 9.17) is 0 Å². The van der Waals surface area contributed by atoms with Gasteiger partial charge in [-0.05, 0) is 31.2 Å². The van der Waals surface area contributed by atoms with Crippen molar-refractivity contribution < 1.29 is 13.2 Å². The number of hydrogen-bond acceptors (Lipinski definition) is 2. The maximum absolute atomic E-state index is 12.4. The van der Waals surface area contributed by atoms with E-state index in [1.165, 1.54) is 0 Å². The Kier molecular flexibility index (Phi) is 3.28. The summed E-state index contributed by atoms with van der Waals surface area (Å²) in [6, 6.07) is 5.73. The van der Waals surface area contributed by atoms with Crippen LogP contribution in [0.4, 0.5) is 18.9 Å². The monoisotopic (exact) mass is 244 g/mol. The lowest BCUT2D eigenvalue weighted by molar-refractivity contribution is -0.137. The van der Waals surface area contributed by atoms with Crippen LogP contribution in [0.2, 0.25) is 0 Å². The van der Waals surface area contributed by atoms with Crippen molar-refractivity contribution in [1.82, 2.24) is 5.32 Å². The smallest absolute Gasteiger partial charge is 0.369 e. The summed E-state index contributed by atoms with van der Waals surface area (Å²) in [5, 5.41) is 3.30. The molecule has 5 heteroatoms. The molecule has 1 atom stereocenters. The maximum Gasteiger partial charge on any atom is 0.416 e. The minimum atomic E-state index is -4.25. The second-order valence-corrected chi connectivity index (χ2v) is 4.35. The molecule has 1 aromatic carbocycles. The Labute approximate surface area is 98.4 Å². The van der Waals surface area contributed by atoms with Crippen molar-refractivity contribution in [1.29, 1.82) is 0 Å². The lowest BCUT2D eigenvalue weighted by atomic mass is 10.1. The molecule has 0 radical (unpaired) electrons. The molecule has 0 bridgehead atoms. The predicted molar refractivity (Wildman–Crippen MR) is 61.1 cm³/mol. The first-order valence-corrected chi connectivity index (χ1v) is 5.62. The van der Waals surface area contributed by atoms with E-state index in [9.17, 15) is 13.2 Å². The van der Waals surface area contributed by atoms with Gasteiger partial charge in [-0.15, -0.1) is 0 Å². The molecule has 1 aliphatic heterocycles. The summed E-state index contributed by atoms with van der Waals surface area (Å²) in [6.07, 6.45) is -4.25. The third-order valence-corrected chi connectivity index (χ3v) is 2.93. The van der Waals surface area contributed by atoms with Gasteiger partial charge in [0.15, 0.2) is 0 Å². The van der Waals surface area contributed by atoms with Crippen LogP contribution in [0.5, 0.6) is 0 Å². The lowest BCUT2D eigenvalue weighted by Crippen LogP contribution is -2.49. The van der Waals surface area contributed by atoms with E-state index in [-0.39, 0.29) is 0 Å². The molecule has 0 spiro atoms. The number of anilines is 1. The summed E-state index contributed by atoms with van der Waals surface area (Å²) in [7, 11) is 0. The molecule has 0 saturated carbocycles. The van der Waals surface area contributed by atoms with Crippen LogP contribution in [-0.4, -0.2) is 25.7 Å². The number of nitrogens with one attached hydrogen (secondary N) is 1. The van der Waals surface area contributed by atoms with Crippen LogP contribution < -0.4 is 10.2 Å². The molecule has 17 heavy (non-hydrogen) atoms. The summed E-state index contributed by atoms with van der Waals surface area (Å²) in [6.45, 7) is 4.58. The zero-order valence-electron chi connectivity index (χ0n) is 9.59. The van der Waals surface area contributed by atoms with Gasteiger partial charge < -0.3 is 10.2 Å². The van der Waals surface area contributed by atoms with Crippen molar-refractivity contribution in [3.05, 3.63) is 29.8 Å². The van der Waals surface area contributed by atoms with E-state index in [0.717, 1.165) is 37.5 Å². The Bertz CT molecular complexity index is 372. The Hall–Kier alpha value is -1.23. The molecule has 0 aliphatic carbocycles. The molecule has 0 amide bonds. The maximum atomic E-state index is 12.4. The molecule has 1 aliphatic rings. The van der Waals surface area contributed by atoms with Crippen LogP contribution in [0.25, 0.3) is 0 Å². The third-order valence-electron chi connectivity index (χ3n) is 2.93. The van der Waals surface area contributed by atoms with Gasteiger partial charge in [0, 0.05) is 31.4 Å². The minimum absolute atomic E-state index is 0.367. The molecule has 1 aromatic rings. The highest BCUT2D eigenvalue weighted by atomic mass is 19.4. The lowest BCUT2D eigenvalue weighted by Gasteiger charge is -2.33. The highest BCUT2D eigenvalue weighted by molar-refractivity contribution is 5.48. The standard InChI is InChI=1S/C12H15F3N2/c1-9-8-17(7-6-16-9)11-4-2-10(3-5-11)12(13,14)15/h2-5,9,16H,6-8H2,1H3/t9-/m0/s1. The Balaban J connectivity index is 2.12. The predicted octanol–water partition coefficient (Wildman–Crippen LogP) is 2.50. The van der Waals surface area contributed by atoms with Gasteiger partial charge in [-0.25, -0.2) is 0 Å². The zero-order chi connectivity index (χ0) is 12.5. The Morgan fingerprint density at radius 2 is 1.88 bits per heavy atom. The van der Waals surface area contributed by atoms with Gasteiger partial charge in [-0.3, -0.25) is 0 Å². The number of alkyl halides is 3. The summed E-state index contributed by atoms with van der Waals surface area (Å²) in [4.78, 5) is 2.10. The molecule has 0 unspecified atom stereocenters. The summed E-state index contributed by atoms with van der Waals surface area (Å²) < 4.78 is 37.2. The molecule has 1 heterocycles. The minimum Gasteiger partial charge on any atom is -0.369 e. The molecular formula is C12H15F3N2. The second kappa shape index (κ2) is 4.56. The molecule has 94 valence electrons. The molecular weight excluding hydrogens is 229 g/mol. The Morgan fingerprint density at radius 1 is 1.24 bits per heavy atom. The first-order chi connectivity index (χ1) is 7.97. The van der Waals surface area contributed by atoms with E-state index in [1.54, 1.807) is 12.1 Å². The van der Waals surface area contributed by atoms with Gasteiger partial charge in [0.05, 0.1) is 5.56 Å². The van der Waals surface area contributed by atoms with Crippen molar-refractivity contribution in [3.63, 3.8) is 0 Å². The van der Waals surface area contributed by atoms with E-state index < -0.39 is 11.7 Å². The highest BCUT2D eigenvalue weighted by Crippen LogP contribution is 2.30. The van der Waals surface area contributed by atoms with Gasteiger partial charge in [0.2, 0.25) is 0 Å². The van der Waals surface area contributed by atoms with Crippen LogP contribution in [0, 0.1) is 0 Å². The van der Waals surface area contributed by atoms with Crippen molar-refractivity contribution in [2.24, 2.45) is 0 Å². The fourth-order valence-corrected chi connectivity index (χ4v) is 2.03. The first-order valence-electron chi connectivity index (χ1n) is 5.62. The van der Waals surface area contributed by atoms with Crippen LogP contribution in [0.15, 0.2) is 24.3 Å². The topological polar surface area (TPSA) is 15.3 Å². The normalized spacial score (nSPS) is 21.6. The van der Waals surface area contributed by atoms with Gasteiger partial charge >= 0.3 is 6.18 Å². The van der Waals surface area contributed by atoms with Crippen molar-refractivity contribution in [2.75, 3.05) is 24.5 Å². The molecule has 0 aromatic heterocycles. The van der Waals surface area contributed by atoms with Gasteiger partial charge in [-0.1, -0.05) is 0 Å². The summed E-state index contributed by atoms with van der Waals surface area (Å²) in [5.41, 5.74) is 0.260. The van der Waals surface area contributed by atoms with E-state index in [1.807, 2.05) is 0 Å².